The molecule has 0 aliphatic heterocycles. The second kappa shape index (κ2) is 6.14. The fraction of sp³-hybridized carbons (Fsp3) is 0.923. The van der Waals surface area contributed by atoms with E-state index < -0.39 is 0 Å². The Hall–Kier alpha value is -0.530. The molecule has 0 saturated heterocycles. The Morgan fingerprint density at radius 3 is 2.33 bits per heavy atom. The lowest BCUT2D eigenvalue weighted by Crippen LogP contribution is -2.22. The maximum atomic E-state index is 11.6. The molecular weight excluding hydrogens is 188 g/mol. The van der Waals surface area contributed by atoms with E-state index in [1.165, 1.54) is 32.1 Å². The first kappa shape index (κ1) is 12.5. The number of carbonyl (C=O) groups excluding carboxylic acids is 1. The van der Waals surface area contributed by atoms with Gasteiger partial charge in [0.05, 0.1) is 0 Å². The van der Waals surface area contributed by atoms with E-state index in [0.717, 1.165) is 0 Å². The van der Waals surface area contributed by atoms with Gasteiger partial charge in [-0.05, 0) is 31.6 Å². The fourth-order valence-corrected chi connectivity index (χ4v) is 2.02. The van der Waals surface area contributed by atoms with Gasteiger partial charge in [0, 0.05) is 6.42 Å². The van der Waals surface area contributed by atoms with Crippen LogP contribution in [0, 0.1) is 11.8 Å². The van der Waals surface area contributed by atoms with Crippen LogP contribution in [0.2, 0.25) is 0 Å². The molecule has 0 unspecified atom stereocenters. The van der Waals surface area contributed by atoms with Crippen LogP contribution in [-0.2, 0) is 9.53 Å². The van der Waals surface area contributed by atoms with Gasteiger partial charge in [0.15, 0.2) is 0 Å². The van der Waals surface area contributed by atoms with Gasteiger partial charge in [0.25, 0.3) is 0 Å². The third-order valence-electron chi connectivity index (χ3n) is 3.44. The molecule has 1 aliphatic carbocycles. The molecule has 15 heavy (non-hydrogen) atoms. The Bertz CT molecular complexity index is 193. The van der Waals surface area contributed by atoms with E-state index in [1.807, 2.05) is 6.92 Å². The molecule has 2 heteroatoms. The molecule has 88 valence electrons. The lowest BCUT2D eigenvalue weighted by atomic mass is 9.87. The van der Waals surface area contributed by atoms with Gasteiger partial charge in [-0.2, -0.15) is 0 Å². The van der Waals surface area contributed by atoms with Crippen LogP contribution >= 0.6 is 0 Å². The summed E-state index contributed by atoms with van der Waals surface area (Å²) in [6.07, 6.45) is 7.04. The molecule has 0 heterocycles. The summed E-state index contributed by atoms with van der Waals surface area (Å²) in [5.74, 6) is 1.01. The van der Waals surface area contributed by atoms with Crippen LogP contribution in [0.1, 0.15) is 59.3 Å². The van der Waals surface area contributed by atoms with Gasteiger partial charge in [0.1, 0.15) is 6.10 Å². The number of carbonyl (C=O) groups is 1. The lowest BCUT2D eigenvalue weighted by Gasteiger charge is -2.22. The number of ether oxygens (including phenoxy) is 1. The summed E-state index contributed by atoms with van der Waals surface area (Å²) in [6, 6.07) is 0. The predicted octanol–water partition coefficient (Wildman–Crippen LogP) is 3.54. The van der Waals surface area contributed by atoms with Crippen molar-refractivity contribution >= 4 is 5.97 Å². The van der Waals surface area contributed by atoms with Crippen molar-refractivity contribution in [2.75, 3.05) is 0 Å². The summed E-state index contributed by atoms with van der Waals surface area (Å²) in [4.78, 5) is 11.6. The zero-order valence-electron chi connectivity index (χ0n) is 10.3. The number of hydrogen-bond donors (Lipinski definition) is 0. The van der Waals surface area contributed by atoms with Crippen molar-refractivity contribution in [1.29, 1.82) is 0 Å². The van der Waals surface area contributed by atoms with Crippen molar-refractivity contribution in [3.63, 3.8) is 0 Å². The third-order valence-corrected chi connectivity index (χ3v) is 3.44. The molecule has 1 saturated carbocycles. The molecule has 0 amide bonds. The van der Waals surface area contributed by atoms with Crippen molar-refractivity contribution in [2.24, 2.45) is 11.8 Å². The van der Waals surface area contributed by atoms with Crippen molar-refractivity contribution in [3.05, 3.63) is 0 Å². The fourth-order valence-electron chi connectivity index (χ4n) is 2.02. The molecular formula is C13H24O2. The van der Waals surface area contributed by atoms with Crippen molar-refractivity contribution < 1.29 is 9.53 Å². The quantitative estimate of drug-likeness (QED) is 0.666. The highest BCUT2D eigenvalue weighted by Gasteiger charge is 2.20. The lowest BCUT2D eigenvalue weighted by molar-refractivity contribution is -0.151. The van der Waals surface area contributed by atoms with Crippen LogP contribution in [0.25, 0.3) is 0 Å². The first-order valence-corrected chi connectivity index (χ1v) is 6.29. The van der Waals surface area contributed by atoms with Crippen molar-refractivity contribution in [2.45, 2.75) is 65.4 Å². The molecule has 1 fully saturated rings. The Morgan fingerprint density at radius 1 is 1.20 bits per heavy atom. The number of rotatable bonds is 4. The largest absolute Gasteiger partial charge is 0.462 e. The Labute approximate surface area is 93.4 Å². The predicted molar refractivity (Wildman–Crippen MR) is 61.6 cm³/mol. The molecule has 1 rings (SSSR count). The van der Waals surface area contributed by atoms with Gasteiger partial charge in [0.2, 0.25) is 0 Å². The smallest absolute Gasteiger partial charge is 0.306 e. The van der Waals surface area contributed by atoms with Crippen LogP contribution in [0.15, 0.2) is 0 Å². The molecule has 1 aliphatic rings. The van der Waals surface area contributed by atoms with Gasteiger partial charge >= 0.3 is 5.97 Å². The average molecular weight is 212 g/mol. The van der Waals surface area contributed by atoms with E-state index in [9.17, 15) is 4.79 Å². The SMILES string of the molecule is CC(C)[C@@H](C)OC(=O)CC1CCCCC1. The monoisotopic (exact) mass is 212 g/mol. The highest BCUT2D eigenvalue weighted by Crippen LogP contribution is 2.26. The maximum absolute atomic E-state index is 11.6. The molecule has 0 bridgehead atoms. The summed E-state index contributed by atoms with van der Waals surface area (Å²) in [5.41, 5.74) is 0. The first-order chi connectivity index (χ1) is 7.09. The summed E-state index contributed by atoms with van der Waals surface area (Å²) in [6.45, 7) is 6.14. The molecule has 0 radical (unpaired) electrons. The molecule has 2 nitrogen and oxygen atoms in total. The third kappa shape index (κ3) is 4.67. The van der Waals surface area contributed by atoms with Crippen molar-refractivity contribution in [1.82, 2.24) is 0 Å². The zero-order chi connectivity index (χ0) is 11.3. The minimum Gasteiger partial charge on any atom is -0.462 e. The van der Waals surface area contributed by atoms with E-state index in [4.69, 9.17) is 4.74 Å². The maximum Gasteiger partial charge on any atom is 0.306 e. The average Bonchev–Trinajstić information content (AvgIpc) is 2.18. The molecule has 0 aromatic rings. The first-order valence-electron chi connectivity index (χ1n) is 6.29. The van der Waals surface area contributed by atoms with E-state index in [1.54, 1.807) is 0 Å². The topological polar surface area (TPSA) is 26.3 Å². The number of esters is 1. The Kier molecular flexibility index (Phi) is 5.13. The Balaban J connectivity index is 2.22. The standard InChI is InChI=1S/C13H24O2/c1-10(2)11(3)15-13(14)9-12-7-5-4-6-8-12/h10-12H,4-9H2,1-3H3/t11-/m1/s1. The summed E-state index contributed by atoms with van der Waals surface area (Å²) in [7, 11) is 0. The van der Waals surface area contributed by atoms with Gasteiger partial charge in [-0.1, -0.05) is 33.1 Å². The van der Waals surface area contributed by atoms with E-state index in [-0.39, 0.29) is 12.1 Å². The second-order valence-electron chi connectivity index (χ2n) is 5.15. The highest BCUT2D eigenvalue weighted by molar-refractivity contribution is 5.69. The van der Waals surface area contributed by atoms with Crippen LogP contribution in [0.4, 0.5) is 0 Å². The summed E-state index contributed by atoms with van der Waals surface area (Å²) >= 11 is 0. The summed E-state index contributed by atoms with van der Waals surface area (Å²) < 4.78 is 5.38. The normalized spacial score (nSPS) is 20.3. The van der Waals surface area contributed by atoms with Gasteiger partial charge in [-0.15, -0.1) is 0 Å². The number of hydrogen-bond acceptors (Lipinski definition) is 2. The molecule has 0 aromatic heterocycles. The van der Waals surface area contributed by atoms with Crippen molar-refractivity contribution in [3.8, 4) is 0 Å². The van der Waals surface area contributed by atoms with E-state index in [2.05, 4.69) is 13.8 Å². The van der Waals surface area contributed by atoms with Gasteiger partial charge in [-0.25, -0.2) is 0 Å². The minimum absolute atomic E-state index is 0.00287. The minimum atomic E-state index is 0.00287. The van der Waals surface area contributed by atoms with Crippen LogP contribution in [0.5, 0.6) is 0 Å². The zero-order valence-corrected chi connectivity index (χ0v) is 10.3. The highest BCUT2D eigenvalue weighted by atomic mass is 16.5. The molecule has 0 aromatic carbocycles. The Morgan fingerprint density at radius 2 is 1.80 bits per heavy atom. The summed E-state index contributed by atoms with van der Waals surface area (Å²) in [5, 5.41) is 0. The van der Waals surface area contributed by atoms with E-state index >= 15 is 0 Å². The van der Waals surface area contributed by atoms with E-state index in [0.29, 0.717) is 18.3 Å². The van der Waals surface area contributed by atoms with Crippen LogP contribution in [0.3, 0.4) is 0 Å². The molecule has 0 spiro atoms. The van der Waals surface area contributed by atoms with Crippen LogP contribution < -0.4 is 0 Å². The molecule has 0 N–H and O–H groups in total. The van der Waals surface area contributed by atoms with Gasteiger partial charge < -0.3 is 4.74 Å². The molecule has 1 atom stereocenters. The van der Waals surface area contributed by atoms with Crippen LogP contribution in [-0.4, -0.2) is 12.1 Å². The van der Waals surface area contributed by atoms with Gasteiger partial charge in [-0.3, -0.25) is 4.79 Å². The second-order valence-corrected chi connectivity index (χ2v) is 5.15.